The van der Waals surface area contributed by atoms with Gasteiger partial charge in [0.25, 0.3) is 0 Å². The first-order valence-electron chi connectivity index (χ1n) is 5.44. The van der Waals surface area contributed by atoms with Crippen molar-refractivity contribution in [1.82, 2.24) is 10.6 Å². The first-order valence-corrected chi connectivity index (χ1v) is 5.44. The fourth-order valence-corrected chi connectivity index (χ4v) is 1.41. The van der Waals surface area contributed by atoms with E-state index in [-0.39, 0.29) is 6.03 Å². The van der Waals surface area contributed by atoms with Gasteiger partial charge >= 0.3 is 6.03 Å². The van der Waals surface area contributed by atoms with Gasteiger partial charge in [-0.15, -0.1) is 0 Å². The van der Waals surface area contributed by atoms with Crippen molar-refractivity contribution in [2.24, 2.45) is 0 Å². The molecule has 0 fully saturated rings. The molecule has 0 aliphatic heterocycles. The maximum Gasteiger partial charge on any atom is 0.318 e. The fraction of sp³-hybridized carbons (Fsp3) is 0.308. The lowest BCUT2D eigenvalue weighted by Crippen LogP contribution is -2.33. The van der Waals surface area contributed by atoms with Crippen molar-refractivity contribution in [1.29, 1.82) is 0 Å². The molecule has 1 aromatic carbocycles. The number of urea groups is 1. The maximum atomic E-state index is 11.2. The molecular formula is C13H18N2O. The number of rotatable bonds is 4. The molecule has 0 atom stereocenters. The topological polar surface area (TPSA) is 41.1 Å². The molecule has 0 unspecified atom stereocenters. The van der Waals surface area contributed by atoms with Crippen molar-refractivity contribution in [2.75, 3.05) is 6.54 Å². The van der Waals surface area contributed by atoms with Gasteiger partial charge in [0, 0.05) is 12.7 Å². The largest absolute Gasteiger partial charge is 0.338 e. The molecule has 16 heavy (non-hydrogen) atoms. The second-order valence-corrected chi connectivity index (χ2v) is 3.58. The molecule has 2 N–H and O–H groups in total. The number of amides is 2. The smallest absolute Gasteiger partial charge is 0.318 e. The minimum atomic E-state index is -0.160. The number of carbonyl (C=O) groups is 1. The number of hydrogen-bond donors (Lipinski definition) is 2. The Balaban J connectivity index is 2.31. The van der Waals surface area contributed by atoms with Crippen LogP contribution in [0.5, 0.6) is 0 Å². The van der Waals surface area contributed by atoms with E-state index in [0.29, 0.717) is 6.54 Å². The van der Waals surface area contributed by atoms with Gasteiger partial charge in [-0.3, -0.25) is 0 Å². The zero-order valence-electron chi connectivity index (χ0n) is 9.79. The van der Waals surface area contributed by atoms with Gasteiger partial charge in [-0.1, -0.05) is 30.3 Å². The van der Waals surface area contributed by atoms with E-state index < -0.39 is 0 Å². The fourth-order valence-electron chi connectivity index (χ4n) is 1.41. The lowest BCUT2D eigenvalue weighted by Gasteiger charge is -2.06. The van der Waals surface area contributed by atoms with E-state index in [1.54, 1.807) is 12.3 Å². The highest BCUT2D eigenvalue weighted by molar-refractivity contribution is 5.74. The number of carbonyl (C=O) groups excluding carboxylic acids is 1. The molecule has 3 nitrogen and oxygen atoms in total. The first-order chi connectivity index (χ1) is 7.74. The zero-order chi connectivity index (χ0) is 11.8. The molecule has 0 heterocycles. The van der Waals surface area contributed by atoms with Crippen LogP contribution in [0.15, 0.2) is 36.5 Å². The standard InChI is InChI=1S/C13H18N2O/c1-3-9-14-13(16)15-10-8-12-7-5-4-6-11(12)2/h3-7,9H,8,10H2,1-2H3,(H2,14,15,16)/b9-3+. The number of allylic oxidation sites excluding steroid dienone is 1. The Hall–Kier alpha value is -1.77. The summed E-state index contributed by atoms with van der Waals surface area (Å²) in [6.45, 7) is 4.58. The third-order valence-electron chi connectivity index (χ3n) is 2.32. The maximum absolute atomic E-state index is 11.2. The molecule has 0 aromatic heterocycles. The molecule has 0 bridgehead atoms. The van der Waals surface area contributed by atoms with Crippen LogP contribution in [-0.2, 0) is 6.42 Å². The Morgan fingerprint density at radius 3 is 2.81 bits per heavy atom. The molecule has 0 aliphatic carbocycles. The summed E-state index contributed by atoms with van der Waals surface area (Å²) in [6, 6.07) is 8.04. The number of aryl methyl sites for hydroxylation is 1. The van der Waals surface area contributed by atoms with Gasteiger partial charge in [0.1, 0.15) is 0 Å². The van der Waals surface area contributed by atoms with E-state index in [4.69, 9.17) is 0 Å². The summed E-state index contributed by atoms with van der Waals surface area (Å²) in [5.74, 6) is 0. The molecule has 1 rings (SSSR count). The number of nitrogens with one attached hydrogen (secondary N) is 2. The molecule has 0 radical (unpaired) electrons. The predicted octanol–water partition coefficient (Wildman–Crippen LogP) is 2.37. The van der Waals surface area contributed by atoms with Crippen molar-refractivity contribution in [3.05, 3.63) is 47.7 Å². The normalized spacial score (nSPS) is 10.4. The highest BCUT2D eigenvalue weighted by Gasteiger charge is 1.99. The number of hydrogen-bond acceptors (Lipinski definition) is 1. The summed E-state index contributed by atoms with van der Waals surface area (Å²) >= 11 is 0. The van der Waals surface area contributed by atoms with Gasteiger partial charge in [0.2, 0.25) is 0 Å². The van der Waals surface area contributed by atoms with E-state index in [0.717, 1.165) is 6.42 Å². The van der Waals surface area contributed by atoms with Crippen LogP contribution in [0, 0.1) is 6.92 Å². The summed E-state index contributed by atoms with van der Waals surface area (Å²) in [7, 11) is 0. The SMILES string of the molecule is C/C=C/NC(=O)NCCc1ccccc1C. The second-order valence-electron chi connectivity index (χ2n) is 3.58. The monoisotopic (exact) mass is 218 g/mol. The van der Waals surface area contributed by atoms with Crippen molar-refractivity contribution < 1.29 is 4.79 Å². The van der Waals surface area contributed by atoms with E-state index in [9.17, 15) is 4.79 Å². The van der Waals surface area contributed by atoms with Gasteiger partial charge in [0.15, 0.2) is 0 Å². The Kier molecular flexibility index (Phi) is 5.12. The predicted molar refractivity (Wildman–Crippen MR) is 66.2 cm³/mol. The minimum absolute atomic E-state index is 0.160. The van der Waals surface area contributed by atoms with E-state index in [1.807, 2.05) is 19.1 Å². The lowest BCUT2D eigenvalue weighted by molar-refractivity contribution is 0.244. The molecule has 0 saturated carbocycles. The quantitative estimate of drug-likeness (QED) is 0.800. The highest BCUT2D eigenvalue weighted by Crippen LogP contribution is 2.06. The third kappa shape index (κ3) is 4.17. The van der Waals surface area contributed by atoms with E-state index >= 15 is 0 Å². The minimum Gasteiger partial charge on any atom is -0.338 e. The van der Waals surface area contributed by atoms with Crippen LogP contribution in [-0.4, -0.2) is 12.6 Å². The molecule has 2 amide bonds. The average Bonchev–Trinajstić information content (AvgIpc) is 2.29. The van der Waals surface area contributed by atoms with Crippen LogP contribution in [0.2, 0.25) is 0 Å². The lowest BCUT2D eigenvalue weighted by atomic mass is 10.1. The van der Waals surface area contributed by atoms with Gasteiger partial charge < -0.3 is 10.6 Å². The van der Waals surface area contributed by atoms with Crippen LogP contribution < -0.4 is 10.6 Å². The molecule has 1 aromatic rings. The molecule has 0 saturated heterocycles. The molecule has 0 aliphatic rings. The summed E-state index contributed by atoms with van der Waals surface area (Å²) < 4.78 is 0. The molecule has 3 heteroatoms. The van der Waals surface area contributed by atoms with Gasteiger partial charge in [-0.05, 0) is 31.4 Å². The van der Waals surface area contributed by atoms with Crippen molar-refractivity contribution in [3.63, 3.8) is 0 Å². The Labute approximate surface area is 96.6 Å². The van der Waals surface area contributed by atoms with Crippen molar-refractivity contribution >= 4 is 6.03 Å². The van der Waals surface area contributed by atoms with Crippen LogP contribution in [0.1, 0.15) is 18.1 Å². The first kappa shape index (κ1) is 12.3. The highest BCUT2D eigenvalue weighted by atomic mass is 16.2. The molecule has 0 spiro atoms. The van der Waals surface area contributed by atoms with E-state index in [2.05, 4.69) is 29.7 Å². The Morgan fingerprint density at radius 2 is 2.12 bits per heavy atom. The van der Waals surface area contributed by atoms with Crippen LogP contribution >= 0.6 is 0 Å². The van der Waals surface area contributed by atoms with Crippen molar-refractivity contribution in [3.8, 4) is 0 Å². The molecular weight excluding hydrogens is 200 g/mol. The van der Waals surface area contributed by atoms with Crippen LogP contribution in [0.4, 0.5) is 4.79 Å². The Bertz CT molecular complexity index is 372. The van der Waals surface area contributed by atoms with Gasteiger partial charge in [0.05, 0.1) is 0 Å². The summed E-state index contributed by atoms with van der Waals surface area (Å²) in [5.41, 5.74) is 2.53. The van der Waals surface area contributed by atoms with Gasteiger partial charge in [-0.2, -0.15) is 0 Å². The summed E-state index contributed by atoms with van der Waals surface area (Å²) in [6.07, 6.45) is 4.25. The average molecular weight is 218 g/mol. The van der Waals surface area contributed by atoms with Crippen LogP contribution in [0.25, 0.3) is 0 Å². The van der Waals surface area contributed by atoms with Crippen molar-refractivity contribution in [2.45, 2.75) is 20.3 Å². The van der Waals surface area contributed by atoms with Gasteiger partial charge in [-0.25, -0.2) is 4.79 Å². The second kappa shape index (κ2) is 6.67. The number of benzene rings is 1. The Morgan fingerprint density at radius 1 is 1.38 bits per heavy atom. The molecule has 86 valence electrons. The summed E-state index contributed by atoms with van der Waals surface area (Å²) in [5, 5.41) is 5.39. The summed E-state index contributed by atoms with van der Waals surface area (Å²) in [4.78, 5) is 11.2. The zero-order valence-corrected chi connectivity index (χ0v) is 9.79. The van der Waals surface area contributed by atoms with Crippen LogP contribution in [0.3, 0.4) is 0 Å². The van der Waals surface area contributed by atoms with E-state index in [1.165, 1.54) is 11.1 Å². The third-order valence-corrected chi connectivity index (χ3v) is 2.32.